The molecular weight excluding hydrogens is 259 g/mol. The number of aromatic nitrogens is 2. The molecule has 0 spiro atoms. The molecule has 88 valence electrons. The zero-order valence-corrected chi connectivity index (χ0v) is 10.5. The van der Waals surface area contributed by atoms with Crippen LogP contribution in [0.2, 0.25) is 5.02 Å². The summed E-state index contributed by atoms with van der Waals surface area (Å²) in [7, 11) is 0. The van der Waals surface area contributed by atoms with Crippen molar-refractivity contribution in [1.82, 2.24) is 9.55 Å². The summed E-state index contributed by atoms with van der Waals surface area (Å²) in [5, 5.41) is 1.18. The van der Waals surface area contributed by atoms with E-state index in [1.54, 1.807) is 22.8 Å². The van der Waals surface area contributed by atoms with E-state index in [0.717, 1.165) is 12.8 Å². The van der Waals surface area contributed by atoms with Crippen LogP contribution in [0.4, 0.5) is 0 Å². The summed E-state index contributed by atoms with van der Waals surface area (Å²) >= 11 is 11.8. The number of hydrogen-bond acceptors (Lipinski definition) is 2. The first-order valence-electron chi connectivity index (χ1n) is 5.47. The van der Waals surface area contributed by atoms with Gasteiger partial charge in [0.05, 0.1) is 16.8 Å². The second-order valence-electron chi connectivity index (χ2n) is 4.23. The molecule has 3 nitrogen and oxygen atoms in total. The molecule has 1 aromatic heterocycles. The maximum Gasteiger partial charge on any atom is 0.261 e. The first kappa shape index (κ1) is 11.1. The molecule has 0 amide bonds. The van der Waals surface area contributed by atoms with E-state index >= 15 is 0 Å². The van der Waals surface area contributed by atoms with Gasteiger partial charge in [0.1, 0.15) is 5.82 Å². The smallest absolute Gasteiger partial charge is 0.261 e. The molecule has 0 N–H and O–H groups in total. The lowest BCUT2D eigenvalue weighted by Gasteiger charge is -2.10. The Bertz CT molecular complexity index is 647. The normalized spacial score (nSPS) is 15.4. The van der Waals surface area contributed by atoms with Crippen molar-refractivity contribution in [3.8, 4) is 0 Å². The first-order valence-corrected chi connectivity index (χ1v) is 6.38. The molecule has 17 heavy (non-hydrogen) atoms. The third-order valence-electron chi connectivity index (χ3n) is 2.97. The zero-order chi connectivity index (χ0) is 12.0. The molecule has 0 saturated heterocycles. The van der Waals surface area contributed by atoms with Crippen LogP contribution < -0.4 is 5.56 Å². The van der Waals surface area contributed by atoms with Crippen molar-refractivity contribution < 1.29 is 0 Å². The molecule has 3 rings (SSSR count). The average Bonchev–Trinajstić information content (AvgIpc) is 3.12. The Morgan fingerprint density at radius 3 is 2.82 bits per heavy atom. The van der Waals surface area contributed by atoms with E-state index in [2.05, 4.69) is 4.98 Å². The van der Waals surface area contributed by atoms with Crippen LogP contribution in [0.25, 0.3) is 10.9 Å². The van der Waals surface area contributed by atoms with Crippen molar-refractivity contribution in [3.05, 3.63) is 39.4 Å². The Hall–Kier alpha value is -1.06. The van der Waals surface area contributed by atoms with Gasteiger partial charge in [-0.3, -0.25) is 9.36 Å². The Morgan fingerprint density at radius 2 is 2.18 bits per heavy atom. The largest absolute Gasteiger partial charge is 0.292 e. The molecule has 0 radical (unpaired) electrons. The maximum absolute atomic E-state index is 12.3. The molecule has 1 fully saturated rings. The van der Waals surface area contributed by atoms with Gasteiger partial charge in [-0.1, -0.05) is 11.6 Å². The number of benzene rings is 1. The molecule has 0 unspecified atom stereocenters. The minimum atomic E-state index is -0.00943. The first-order chi connectivity index (χ1) is 8.20. The molecule has 5 heteroatoms. The summed E-state index contributed by atoms with van der Waals surface area (Å²) in [4.78, 5) is 16.7. The fourth-order valence-electron chi connectivity index (χ4n) is 2.02. The number of rotatable bonds is 2. The fraction of sp³-hybridized carbons (Fsp3) is 0.333. The van der Waals surface area contributed by atoms with Crippen LogP contribution in [-0.4, -0.2) is 9.55 Å². The van der Waals surface area contributed by atoms with Gasteiger partial charge in [-0.25, -0.2) is 4.98 Å². The minimum Gasteiger partial charge on any atom is -0.292 e. The Balaban J connectivity index is 2.37. The number of halogens is 2. The van der Waals surface area contributed by atoms with E-state index in [9.17, 15) is 4.79 Å². The van der Waals surface area contributed by atoms with E-state index in [1.807, 2.05) is 0 Å². The van der Waals surface area contributed by atoms with Gasteiger partial charge in [0.25, 0.3) is 5.56 Å². The predicted molar refractivity (Wildman–Crippen MR) is 68.8 cm³/mol. The van der Waals surface area contributed by atoms with Crippen molar-refractivity contribution in [2.24, 2.45) is 0 Å². The van der Waals surface area contributed by atoms with Crippen LogP contribution in [0.1, 0.15) is 24.7 Å². The second kappa shape index (κ2) is 4.00. The third kappa shape index (κ3) is 1.83. The van der Waals surface area contributed by atoms with Gasteiger partial charge in [-0.2, -0.15) is 0 Å². The molecule has 1 aliphatic rings. The van der Waals surface area contributed by atoms with Crippen LogP contribution in [0.5, 0.6) is 0 Å². The van der Waals surface area contributed by atoms with Crippen LogP contribution in [0.15, 0.2) is 23.0 Å². The number of fused-ring (bicyclic) bond motifs is 1. The van der Waals surface area contributed by atoms with Gasteiger partial charge in [-0.15, -0.1) is 11.6 Å². The van der Waals surface area contributed by atoms with Crippen LogP contribution in [0, 0.1) is 0 Å². The molecule has 0 atom stereocenters. The summed E-state index contributed by atoms with van der Waals surface area (Å²) in [5.74, 6) is 0.878. The summed E-state index contributed by atoms with van der Waals surface area (Å²) < 4.78 is 1.73. The lowest BCUT2D eigenvalue weighted by molar-refractivity contribution is 0.662. The SMILES string of the molecule is O=c1c2ccc(Cl)cc2nc(CCl)n1C1CC1. The monoisotopic (exact) mass is 268 g/mol. The summed E-state index contributed by atoms with van der Waals surface area (Å²) in [6.45, 7) is 0. The quantitative estimate of drug-likeness (QED) is 0.785. The molecule has 1 heterocycles. The Labute approximate surface area is 108 Å². The predicted octanol–water partition coefficient (Wildman–Crippen LogP) is 3.12. The van der Waals surface area contributed by atoms with Gasteiger partial charge in [0.15, 0.2) is 0 Å². The highest BCUT2D eigenvalue weighted by molar-refractivity contribution is 6.31. The van der Waals surface area contributed by atoms with Crippen LogP contribution >= 0.6 is 23.2 Å². The minimum absolute atomic E-state index is 0.00943. The van der Waals surface area contributed by atoms with E-state index in [0.29, 0.717) is 21.7 Å². The standard InChI is InChI=1S/C12H10Cl2N2O/c13-6-11-15-10-5-7(14)1-4-9(10)12(17)16(11)8-2-3-8/h1,4-5,8H,2-3,6H2. The molecular formula is C12H10Cl2N2O. The summed E-state index contributed by atoms with van der Waals surface area (Å²) in [6, 6.07) is 5.42. The molecule has 1 aromatic carbocycles. The van der Waals surface area contributed by atoms with E-state index < -0.39 is 0 Å². The number of nitrogens with zero attached hydrogens (tertiary/aromatic N) is 2. The second-order valence-corrected chi connectivity index (χ2v) is 4.93. The van der Waals surface area contributed by atoms with E-state index in [1.165, 1.54) is 0 Å². The number of alkyl halides is 1. The van der Waals surface area contributed by atoms with Crippen LogP contribution in [-0.2, 0) is 5.88 Å². The fourth-order valence-corrected chi connectivity index (χ4v) is 2.38. The Kier molecular flexibility index (Phi) is 2.60. The molecule has 1 aliphatic carbocycles. The lowest BCUT2D eigenvalue weighted by atomic mass is 10.2. The maximum atomic E-state index is 12.3. The topological polar surface area (TPSA) is 34.9 Å². The van der Waals surface area contributed by atoms with E-state index in [4.69, 9.17) is 23.2 Å². The highest BCUT2D eigenvalue weighted by atomic mass is 35.5. The molecule has 0 bridgehead atoms. The average molecular weight is 269 g/mol. The van der Waals surface area contributed by atoms with Gasteiger partial charge < -0.3 is 0 Å². The number of hydrogen-bond donors (Lipinski definition) is 0. The lowest BCUT2D eigenvalue weighted by Crippen LogP contribution is -2.24. The molecule has 1 saturated carbocycles. The van der Waals surface area contributed by atoms with Gasteiger partial charge >= 0.3 is 0 Å². The van der Waals surface area contributed by atoms with Crippen molar-refractivity contribution in [3.63, 3.8) is 0 Å². The summed E-state index contributed by atoms with van der Waals surface area (Å²) in [5.41, 5.74) is 0.611. The Morgan fingerprint density at radius 1 is 1.41 bits per heavy atom. The van der Waals surface area contributed by atoms with Crippen molar-refractivity contribution >= 4 is 34.1 Å². The highest BCUT2D eigenvalue weighted by Gasteiger charge is 2.27. The third-order valence-corrected chi connectivity index (χ3v) is 3.44. The van der Waals surface area contributed by atoms with Crippen LogP contribution in [0.3, 0.4) is 0 Å². The zero-order valence-electron chi connectivity index (χ0n) is 8.99. The summed E-state index contributed by atoms with van der Waals surface area (Å²) in [6.07, 6.45) is 2.06. The molecule has 0 aliphatic heterocycles. The van der Waals surface area contributed by atoms with Gasteiger partial charge in [0.2, 0.25) is 0 Å². The van der Waals surface area contributed by atoms with Crippen molar-refractivity contribution in [1.29, 1.82) is 0 Å². The van der Waals surface area contributed by atoms with Crippen molar-refractivity contribution in [2.45, 2.75) is 24.8 Å². The van der Waals surface area contributed by atoms with Gasteiger partial charge in [0, 0.05) is 11.1 Å². The van der Waals surface area contributed by atoms with Crippen molar-refractivity contribution in [2.75, 3.05) is 0 Å². The molecule has 2 aromatic rings. The van der Waals surface area contributed by atoms with Gasteiger partial charge in [-0.05, 0) is 31.0 Å². The highest BCUT2D eigenvalue weighted by Crippen LogP contribution is 2.35. The van der Waals surface area contributed by atoms with E-state index in [-0.39, 0.29) is 17.5 Å².